The Kier molecular flexibility index (Phi) is 8.63. The van der Waals surface area contributed by atoms with Crippen LogP contribution in [-0.4, -0.2) is 44.9 Å². The molecule has 0 aliphatic rings. The Morgan fingerprint density at radius 2 is 0.485 bits per heavy atom. The number of hydrogen-bond donors (Lipinski definition) is 0. The summed E-state index contributed by atoms with van der Waals surface area (Å²) in [5.41, 5.74) is 16.7. The molecule has 6 heterocycles. The van der Waals surface area contributed by atoms with Crippen LogP contribution >= 0.6 is 0 Å². The summed E-state index contributed by atoms with van der Waals surface area (Å²) in [6.45, 7) is 0. The zero-order valence-corrected chi connectivity index (χ0v) is 35.1. The molecule has 0 bridgehead atoms. The van der Waals surface area contributed by atoms with Crippen LogP contribution in [0.15, 0.2) is 201 Å². The molecular weight excluding hydrogens is 811 g/mol. The zero-order valence-electron chi connectivity index (χ0n) is 35.1. The van der Waals surface area contributed by atoms with Gasteiger partial charge in [-0.2, -0.15) is 0 Å². The fourth-order valence-corrected chi connectivity index (χ4v) is 9.05. The molecule has 0 spiro atoms. The van der Waals surface area contributed by atoms with Crippen LogP contribution in [0, 0.1) is 0 Å². The normalized spacial score (nSPS) is 11.6. The smallest absolute Gasteiger partial charge is 0.0988 e. The van der Waals surface area contributed by atoms with Gasteiger partial charge in [-0.15, -0.1) is 0 Å². The van der Waals surface area contributed by atoms with E-state index < -0.39 is 0 Å². The number of hydrogen-bond acceptors (Lipinski definition) is 9. The molecule has 0 radical (unpaired) electrons. The van der Waals surface area contributed by atoms with Crippen molar-refractivity contribution >= 4 is 65.8 Å². The van der Waals surface area contributed by atoms with E-state index in [1.165, 1.54) is 0 Å². The monoisotopic (exact) mass is 843 g/mol. The van der Waals surface area contributed by atoms with Crippen LogP contribution < -0.4 is 0 Å². The highest BCUT2D eigenvalue weighted by atomic mass is 14.9. The van der Waals surface area contributed by atoms with Gasteiger partial charge in [-0.05, 0) is 91.0 Å². The standard InChI is InChI=1S/C57H33N9/c1-4-13-34(14-5-1)49-52(64-55-40-19-10-28-58-43(40)22-25-46(55)61-49)37-31-38(53-50(35-15-6-2-7-16-35)62-47-26-23-44-41(56(47)65-53)20-11-29-59-44)33-39(32-37)54-51(36-17-8-3-9-18-36)63-48-27-24-45-42(57(48)66-54)21-12-30-60-45/h1-33H. The highest BCUT2D eigenvalue weighted by Gasteiger charge is 2.23. The van der Waals surface area contributed by atoms with Gasteiger partial charge in [0.2, 0.25) is 0 Å². The molecule has 0 unspecified atom stereocenters. The molecule has 13 rings (SSSR count). The van der Waals surface area contributed by atoms with Crippen LogP contribution in [0.4, 0.5) is 0 Å². The first-order valence-electron chi connectivity index (χ1n) is 21.7. The molecule has 0 aliphatic heterocycles. The third-order valence-corrected chi connectivity index (χ3v) is 12.1. The summed E-state index contributed by atoms with van der Waals surface area (Å²) in [6, 6.07) is 61.2. The minimum Gasteiger partial charge on any atom is -0.256 e. The Bertz CT molecular complexity index is 3620. The van der Waals surface area contributed by atoms with Gasteiger partial charge in [0.15, 0.2) is 0 Å². The van der Waals surface area contributed by atoms with E-state index >= 15 is 0 Å². The summed E-state index contributed by atoms with van der Waals surface area (Å²) < 4.78 is 0. The van der Waals surface area contributed by atoms with E-state index in [1.807, 2.05) is 109 Å². The first-order valence-corrected chi connectivity index (χ1v) is 21.7. The van der Waals surface area contributed by atoms with E-state index in [4.69, 9.17) is 29.9 Å². The minimum absolute atomic E-state index is 0.697. The van der Waals surface area contributed by atoms with Crippen molar-refractivity contribution in [3.63, 3.8) is 0 Å². The Hall–Kier alpha value is -9.21. The number of rotatable bonds is 6. The summed E-state index contributed by atoms with van der Waals surface area (Å²) in [7, 11) is 0. The second kappa shape index (κ2) is 15.3. The first kappa shape index (κ1) is 37.4. The molecule has 6 aromatic heterocycles. The van der Waals surface area contributed by atoms with Gasteiger partial charge in [0.25, 0.3) is 0 Å². The number of nitrogens with zero attached hydrogens (tertiary/aromatic N) is 9. The minimum atomic E-state index is 0.697. The van der Waals surface area contributed by atoms with E-state index in [-0.39, 0.29) is 0 Å². The third-order valence-electron chi connectivity index (χ3n) is 12.1. The van der Waals surface area contributed by atoms with Crippen molar-refractivity contribution in [1.29, 1.82) is 0 Å². The Balaban J connectivity index is 1.18. The maximum Gasteiger partial charge on any atom is 0.0988 e. The van der Waals surface area contributed by atoms with Crippen molar-refractivity contribution in [2.24, 2.45) is 0 Å². The summed E-state index contributed by atoms with van der Waals surface area (Å²) in [4.78, 5) is 47.0. The molecule has 0 saturated heterocycles. The second-order valence-electron chi connectivity index (χ2n) is 16.2. The third kappa shape index (κ3) is 6.29. The number of pyridine rings is 3. The zero-order chi connectivity index (χ0) is 43.6. The summed E-state index contributed by atoms with van der Waals surface area (Å²) in [5, 5.41) is 2.75. The Morgan fingerprint density at radius 3 is 0.788 bits per heavy atom. The largest absolute Gasteiger partial charge is 0.256 e. The van der Waals surface area contributed by atoms with Gasteiger partial charge >= 0.3 is 0 Å². The van der Waals surface area contributed by atoms with E-state index in [2.05, 4.69) is 87.7 Å². The van der Waals surface area contributed by atoms with Crippen molar-refractivity contribution in [1.82, 2.24) is 44.9 Å². The average molecular weight is 844 g/mol. The summed E-state index contributed by atoms with van der Waals surface area (Å²) in [5.74, 6) is 0. The number of benzene rings is 7. The summed E-state index contributed by atoms with van der Waals surface area (Å²) >= 11 is 0. The topological polar surface area (TPSA) is 116 Å². The highest BCUT2D eigenvalue weighted by Crippen LogP contribution is 2.42. The van der Waals surface area contributed by atoms with E-state index in [0.29, 0.717) is 17.1 Å². The molecule has 0 atom stereocenters. The summed E-state index contributed by atoms with van der Waals surface area (Å²) in [6.07, 6.45) is 5.41. The van der Waals surface area contributed by atoms with Crippen LogP contribution in [0.2, 0.25) is 0 Å². The van der Waals surface area contributed by atoms with Gasteiger partial charge in [-0.1, -0.05) is 91.0 Å². The van der Waals surface area contributed by atoms with Gasteiger partial charge < -0.3 is 0 Å². The van der Waals surface area contributed by atoms with Crippen LogP contribution in [0.3, 0.4) is 0 Å². The molecule has 9 heteroatoms. The van der Waals surface area contributed by atoms with Crippen molar-refractivity contribution in [3.8, 4) is 67.5 Å². The Morgan fingerprint density at radius 1 is 0.212 bits per heavy atom. The van der Waals surface area contributed by atoms with Gasteiger partial charge in [0.1, 0.15) is 0 Å². The predicted molar refractivity (Wildman–Crippen MR) is 264 cm³/mol. The molecule has 9 nitrogen and oxygen atoms in total. The quantitative estimate of drug-likeness (QED) is 0.151. The van der Waals surface area contributed by atoms with E-state index in [0.717, 1.165) is 116 Å². The van der Waals surface area contributed by atoms with Crippen LogP contribution in [0.1, 0.15) is 0 Å². The molecule has 0 N–H and O–H groups in total. The van der Waals surface area contributed by atoms with Crippen LogP contribution in [0.5, 0.6) is 0 Å². The van der Waals surface area contributed by atoms with Crippen molar-refractivity contribution < 1.29 is 0 Å². The SMILES string of the molecule is c1ccc(-c2nc3ccc4ncccc4c3nc2-c2cc(-c3nc4c(ccc5ncccc54)nc3-c3ccccc3)cc(-c3nc4c(ccc5ncccc54)nc3-c3ccccc3)c2)cc1. The first-order chi connectivity index (χ1) is 32.7. The van der Waals surface area contributed by atoms with Gasteiger partial charge in [-0.25, -0.2) is 29.9 Å². The maximum atomic E-state index is 5.57. The number of aromatic nitrogens is 9. The molecule has 0 saturated carbocycles. The fraction of sp³-hybridized carbons (Fsp3) is 0. The molecule has 306 valence electrons. The lowest BCUT2D eigenvalue weighted by molar-refractivity contribution is 1.27. The Labute approximate surface area is 377 Å². The number of fused-ring (bicyclic) bond motifs is 9. The highest BCUT2D eigenvalue weighted by molar-refractivity contribution is 6.07. The lowest BCUT2D eigenvalue weighted by Gasteiger charge is -2.17. The predicted octanol–water partition coefficient (Wildman–Crippen LogP) is 13.2. The molecular formula is C57H33N9. The van der Waals surface area contributed by atoms with Gasteiger partial charge in [-0.3, -0.25) is 15.0 Å². The maximum absolute atomic E-state index is 5.57. The lowest BCUT2D eigenvalue weighted by Crippen LogP contribution is -2.01. The van der Waals surface area contributed by atoms with Crippen molar-refractivity contribution in [2.75, 3.05) is 0 Å². The van der Waals surface area contributed by atoms with E-state index in [9.17, 15) is 0 Å². The molecule has 66 heavy (non-hydrogen) atoms. The van der Waals surface area contributed by atoms with Crippen molar-refractivity contribution in [2.45, 2.75) is 0 Å². The van der Waals surface area contributed by atoms with Gasteiger partial charge in [0.05, 0.1) is 83.8 Å². The molecule has 0 fully saturated rings. The molecule has 0 amide bonds. The van der Waals surface area contributed by atoms with Gasteiger partial charge in [0, 0.05) is 68.1 Å². The molecule has 0 aliphatic carbocycles. The molecule has 13 aromatic rings. The van der Waals surface area contributed by atoms with Crippen LogP contribution in [0.25, 0.3) is 133 Å². The van der Waals surface area contributed by atoms with Crippen LogP contribution in [-0.2, 0) is 0 Å². The van der Waals surface area contributed by atoms with E-state index in [1.54, 1.807) is 18.6 Å². The molecule has 7 aromatic carbocycles. The fourth-order valence-electron chi connectivity index (χ4n) is 9.05. The average Bonchev–Trinajstić information content (AvgIpc) is 3.40. The second-order valence-corrected chi connectivity index (χ2v) is 16.2. The van der Waals surface area contributed by atoms with Crippen molar-refractivity contribution in [3.05, 3.63) is 201 Å². The lowest BCUT2D eigenvalue weighted by atomic mass is 9.93.